The quantitative estimate of drug-likeness (QED) is 0.637. The topological polar surface area (TPSA) is 59.4 Å². The highest BCUT2D eigenvalue weighted by Crippen LogP contribution is 2.21. The molecule has 0 aromatic heterocycles. The van der Waals surface area contributed by atoms with Crippen LogP contribution < -0.4 is 5.32 Å². The van der Waals surface area contributed by atoms with Crippen LogP contribution in [0.3, 0.4) is 0 Å². The molecule has 1 N–H and O–H groups in total. The maximum absolute atomic E-state index is 12.4. The molecule has 0 atom stereocenters. The Morgan fingerprint density at radius 2 is 1.74 bits per heavy atom. The largest absolute Gasteiger partial charge is 0.374 e. The van der Waals surface area contributed by atoms with Gasteiger partial charge in [0.2, 0.25) is 0 Å². The maximum atomic E-state index is 12.4. The van der Waals surface area contributed by atoms with E-state index in [1.54, 1.807) is 30.5 Å². The van der Waals surface area contributed by atoms with Crippen LogP contribution >= 0.6 is 11.6 Å². The monoisotopic (exact) mass is 380 g/mol. The molecule has 5 nitrogen and oxygen atoms in total. The van der Waals surface area contributed by atoms with Crippen molar-refractivity contribution in [3.63, 3.8) is 0 Å². The smallest absolute Gasteiger partial charge is 0.267 e. The van der Waals surface area contributed by atoms with Crippen LogP contribution in [0.4, 0.5) is 5.69 Å². The van der Waals surface area contributed by atoms with Gasteiger partial charge in [-0.05, 0) is 17.7 Å². The Balaban J connectivity index is 1.56. The zero-order chi connectivity index (χ0) is 19.1. The fourth-order valence-electron chi connectivity index (χ4n) is 2.97. The first-order valence-electron chi connectivity index (χ1n) is 8.84. The molecule has 1 aliphatic rings. The van der Waals surface area contributed by atoms with Crippen molar-refractivity contribution in [3.8, 4) is 6.07 Å². The van der Waals surface area contributed by atoms with Crippen LogP contribution in [-0.2, 0) is 11.3 Å². The number of amides is 1. The predicted molar refractivity (Wildman–Crippen MR) is 107 cm³/mol. The van der Waals surface area contributed by atoms with Gasteiger partial charge in [-0.1, -0.05) is 54.1 Å². The normalized spacial score (nSPS) is 15.3. The third-order valence-corrected chi connectivity index (χ3v) is 4.78. The lowest BCUT2D eigenvalue weighted by Crippen LogP contribution is -2.43. The van der Waals surface area contributed by atoms with Gasteiger partial charge in [-0.3, -0.25) is 9.69 Å². The fourth-order valence-corrected chi connectivity index (χ4v) is 3.15. The van der Waals surface area contributed by atoms with E-state index in [1.807, 2.05) is 29.2 Å². The van der Waals surface area contributed by atoms with E-state index in [1.165, 1.54) is 5.56 Å². The highest BCUT2D eigenvalue weighted by atomic mass is 35.5. The van der Waals surface area contributed by atoms with Gasteiger partial charge in [0.05, 0.1) is 10.7 Å². The average Bonchev–Trinajstić information content (AvgIpc) is 2.70. The summed E-state index contributed by atoms with van der Waals surface area (Å²) in [6, 6.07) is 19.3. The number of piperazine rings is 1. The maximum Gasteiger partial charge on any atom is 0.267 e. The van der Waals surface area contributed by atoms with Crippen LogP contribution in [0, 0.1) is 11.3 Å². The van der Waals surface area contributed by atoms with Crippen molar-refractivity contribution < 1.29 is 4.79 Å². The van der Waals surface area contributed by atoms with Crippen molar-refractivity contribution in [2.45, 2.75) is 6.54 Å². The van der Waals surface area contributed by atoms with E-state index in [-0.39, 0.29) is 5.57 Å². The summed E-state index contributed by atoms with van der Waals surface area (Å²) >= 11 is 6.06. The molecule has 1 aliphatic heterocycles. The third kappa shape index (κ3) is 5.33. The summed E-state index contributed by atoms with van der Waals surface area (Å²) in [6.07, 6.45) is 1.64. The van der Waals surface area contributed by atoms with Gasteiger partial charge in [-0.25, -0.2) is 0 Å². The Hall–Kier alpha value is -2.81. The summed E-state index contributed by atoms with van der Waals surface area (Å²) in [4.78, 5) is 16.8. The minimum absolute atomic E-state index is 0.0754. The van der Waals surface area contributed by atoms with Gasteiger partial charge >= 0.3 is 0 Å². The summed E-state index contributed by atoms with van der Waals surface area (Å²) < 4.78 is 0. The summed E-state index contributed by atoms with van der Waals surface area (Å²) in [6.45, 7) is 4.23. The van der Waals surface area contributed by atoms with Crippen molar-refractivity contribution in [1.82, 2.24) is 9.80 Å². The number of halogens is 1. The number of para-hydroxylation sites is 1. The van der Waals surface area contributed by atoms with Gasteiger partial charge in [-0.2, -0.15) is 5.26 Å². The van der Waals surface area contributed by atoms with Crippen LogP contribution in [0.25, 0.3) is 0 Å². The lowest BCUT2D eigenvalue weighted by Gasteiger charge is -2.34. The second kappa shape index (κ2) is 9.22. The van der Waals surface area contributed by atoms with Crippen molar-refractivity contribution >= 4 is 23.2 Å². The number of carbonyl (C=O) groups is 1. The molecule has 0 unspecified atom stereocenters. The zero-order valence-corrected chi connectivity index (χ0v) is 15.7. The summed E-state index contributed by atoms with van der Waals surface area (Å²) in [5.41, 5.74) is 1.86. The number of rotatable bonds is 5. The van der Waals surface area contributed by atoms with E-state index in [2.05, 4.69) is 22.3 Å². The molecule has 1 saturated heterocycles. The SMILES string of the molecule is N#C/C(=C/N1CCN(Cc2ccccc2)CC1)C(=O)Nc1ccccc1Cl. The molecule has 2 aromatic carbocycles. The Morgan fingerprint density at radius 1 is 1.07 bits per heavy atom. The molecule has 6 heteroatoms. The van der Waals surface area contributed by atoms with Gasteiger partial charge in [0.1, 0.15) is 11.6 Å². The van der Waals surface area contributed by atoms with Gasteiger partial charge in [-0.15, -0.1) is 0 Å². The molecular weight excluding hydrogens is 360 g/mol. The fraction of sp³-hybridized carbons (Fsp3) is 0.238. The first-order valence-corrected chi connectivity index (χ1v) is 9.21. The number of hydrogen-bond donors (Lipinski definition) is 1. The highest BCUT2D eigenvalue weighted by Gasteiger charge is 2.18. The molecule has 3 rings (SSSR count). The number of benzene rings is 2. The van der Waals surface area contributed by atoms with Crippen LogP contribution in [0.1, 0.15) is 5.56 Å². The molecule has 2 aromatic rings. The minimum atomic E-state index is -0.447. The molecule has 0 bridgehead atoms. The Labute approximate surface area is 164 Å². The summed E-state index contributed by atoms with van der Waals surface area (Å²) in [5, 5.41) is 12.5. The van der Waals surface area contributed by atoms with E-state index < -0.39 is 5.91 Å². The van der Waals surface area contributed by atoms with Crippen LogP contribution in [0.2, 0.25) is 5.02 Å². The number of carbonyl (C=O) groups excluding carboxylic acids is 1. The standard InChI is InChI=1S/C21H21ClN4O/c22-19-8-4-5-9-20(19)24-21(27)18(14-23)16-26-12-10-25(11-13-26)15-17-6-2-1-3-7-17/h1-9,16H,10-13,15H2,(H,24,27)/b18-16-. The average molecular weight is 381 g/mol. The first kappa shape index (κ1) is 19.0. The molecule has 138 valence electrons. The van der Waals surface area contributed by atoms with Gasteiger partial charge in [0.25, 0.3) is 5.91 Å². The third-order valence-electron chi connectivity index (χ3n) is 4.45. The van der Waals surface area contributed by atoms with Crippen molar-refractivity contribution in [1.29, 1.82) is 5.26 Å². The lowest BCUT2D eigenvalue weighted by molar-refractivity contribution is -0.112. The van der Waals surface area contributed by atoms with E-state index in [9.17, 15) is 10.1 Å². The highest BCUT2D eigenvalue weighted by molar-refractivity contribution is 6.33. The van der Waals surface area contributed by atoms with E-state index in [4.69, 9.17) is 11.6 Å². The molecule has 1 heterocycles. The number of hydrogen-bond acceptors (Lipinski definition) is 4. The second-order valence-corrected chi connectivity index (χ2v) is 6.79. The van der Waals surface area contributed by atoms with Gasteiger partial charge < -0.3 is 10.2 Å². The Bertz CT molecular complexity index is 852. The van der Waals surface area contributed by atoms with Crippen LogP contribution in [-0.4, -0.2) is 41.9 Å². The molecule has 0 spiro atoms. The Kier molecular flexibility index (Phi) is 6.48. The minimum Gasteiger partial charge on any atom is -0.374 e. The van der Waals surface area contributed by atoms with Crippen molar-refractivity contribution in [3.05, 3.63) is 77.0 Å². The molecule has 0 aliphatic carbocycles. The van der Waals surface area contributed by atoms with Crippen molar-refractivity contribution in [2.75, 3.05) is 31.5 Å². The van der Waals surface area contributed by atoms with Gasteiger partial charge in [0.15, 0.2) is 0 Å². The molecular formula is C21H21ClN4O. The second-order valence-electron chi connectivity index (χ2n) is 6.39. The summed E-state index contributed by atoms with van der Waals surface area (Å²) in [5.74, 6) is -0.447. The van der Waals surface area contributed by atoms with E-state index >= 15 is 0 Å². The molecule has 1 fully saturated rings. The van der Waals surface area contributed by atoms with Crippen LogP contribution in [0.5, 0.6) is 0 Å². The van der Waals surface area contributed by atoms with Gasteiger partial charge in [0, 0.05) is 38.9 Å². The number of nitrogens with zero attached hydrogens (tertiary/aromatic N) is 3. The zero-order valence-electron chi connectivity index (χ0n) is 14.9. The molecule has 0 radical (unpaired) electrons. The molecule has 0 saturated carbocycles. The number of nitriles is 1. The summed E-state index contributed by atoms with van der Waals surface area (Å²) in [7, 11) is 0. The first-order chi connectivity index (χ1) is 13.2. The molecule has 27 heavy (non-hydrogen) atoms. The molecule has 1 amide bonds. The number of anilines is 1. The van der Waals surface area contributed by atoms with E-state index in [0.717, 1.165) is 32.7 Å². The predicted octanol–water partition coefficient (Wildman–Crippen LogP) is 3.50. The number of nitrogens with one attached hydrogen (secondary N) is 1. The lowest BCUT2D eigenvalue weighted by atomic mass is 10.2. The van der Waals surface area contributed by atoms with E-state index in [0.29, 0.717) is 10.7 Å². The Morgan fingerprint density at radius 3 is 2.41 bits per heavy atom. The van der Waals surface area contributed by atoms with Crippen LogP contribution in [0.15, 0.2) is 66.4 Å². The van der Waals surface area contributed by atoms with Crippen molar-refractivity contribution in [2.24, 2.45) is 0 Å².